The summed E-state index contributed by atoms with van der Waals surface area (Å²) in [5.41, 5.74) is 0.714. The highest BCUT2D eigenvalue weighted by molar-refractivity contribution is 5.94. The van der Waals surface area contributed by atoms with Crippen LogP contribution in [0.5, 0.6) is 11.5 Å². The second-order valence-corrected chi connectivity index (χ2v) is 6.74. The van der Waals surface area contributed by atoms with Crippen molar-refractivity contribution in [3.8, 4) is 11.5 Å². The van der Waals surface area contributed by atoms with E-state index in [1.54, 1.807) is 0 Å². The fourth-order valence-corrected chi connectivity index (χ4v) is 3.37. The minimum absolute atomic E-state index is 0.0934. The zero-order valence-corrected chi connectivity index (χ0v) is 15.4. The van der Waals surface area contributed by atoms with E-state index in [0.717, 1.165) is 24.3 Å². The molecule has 1 saturated carbocycles. The number of hydrogen-bond donors (Lipinski definition) is 0. The summed E-state index contributed by atoms with van der Waals surface area (Å²) in [7, 11) is 1.92. The van der Waals surface area contributed by atoms with Gasteiger partial charge in [-0.1, -0.05) is 37.5 Å². The van der Waals surface area contributed by atoms with Crippen LogP contribution in [0.2, 0.25) is 0 Å². The highest BCUT2D eigenvalue weighted by Crippen LogP contribution is 2.23. The lowest BCUT2D eigenvalue weighted by atomic mass is 9.94. The quantitative estimate of drug-likeness (QED) is 0.686. The van der Waals surface area contributed by atoms with Crippen molar-refractivity contribution in [2.45, 2.75) is 38.1 Å². The van der Waals surface area contributed by atoms with Gasteiger partial charge in [0, 0.05) is 18.7 Å². The van der Waals surface area contributed by atoms with Gasteiger partial charge in [-0.25, -0.2) is 0 Å². The molecule has 1 amide bonds. The van der Waals surface area contributed by atoms with E-state index in [9.17, 15) is 4.79 Å². The number of amides is 1. The molecule has 0 atom stereocenters. The van der Waals surface area contributed by atoms with E-state index in [0.29, 0.717) is 24.8 Å². The van der Waals surface area contributed by atoms with Crippen molar-refractivity contribution in [2.75, 3.05) is 20.3 Å². The minimum atomic E-state index is 0.0934. The van der Waals surface area contributed by atoms with Crippen LogP contribution in [0.4, 0.5) is 0 Å². The van der Waals surface area contributed by atoms with Crippen LogP contribution < -0.4 is 9.47 Å². The topological polar surface area (TPSA) is 38.8 Å². The molecule has 0 spiro atoms. The van der Waals surface area contributed by atoms with Gasteiger partial charge in [-0.3, -0.25) is 4.79 Å². The molecule has 4 nitrogen and oxygen atoms in total. The molecular weight excluding hydrogens is 326 g/mol. The summed E-state index contributed by atoms with van der Waals surface area (Å²) in [6.07, 6.45) is 5.97. The Morgan fingerprint density at radius 3 is 2.08 bits per heavy atom. The Bertz CT molecular complexity index is 678. The predicted octanol–water partition coefficient (Wildman–Crippen LogP) is 4.55. The number of carbonyl (C=O) groups is 1. The van der Waals surface area contributed by atoms with Crippen molar-refractivity contribution in [1.82, 2.24) is 4.90 Å². The third-order valence-electron chi connectivity index (χ3n) is 4.91. The molecule has 2 aromatic carbocycles. The summed E-state index contributed by atoms with van der Waals surface area (Å²) < 4.78 is 11.3. The zero-order chi connectivity index (χ0) is 18.2. The molecular formula is C22H27NO3. The first-order chi connectivity index (χ1) is 12.7. The van der Waals surface area contributed by atoms with Gasteiger partial charge in [-0.05, 0) is 49.2 Å². The van der Waals surface area contributed by atoms with Crippen LogP contribution in [0.15, 0.2) is 54.6 Å². The third kappa shape index (κ3) is 5.01. The minimum Gasteiger partial charge on any atom is -0.490 e. The molecule has 1 fully saturated rings. The Balaban J connectivity index is 1.46. The summed E-state index contributed by atoms with van der Waals surface area (Å²) in [4.78, 5) is 14.5. The molecule has 3 rings (SSSR count). The van der Waals surface area contributed by atoms with Gasteiger partial charge >= 0.3 is 0 Å². The van der Waals surface area contributed by atoms with Crippen molar-refractivity contribution in [1.29, 1.82) is 0 Å². The maximum Gasteiger partial charge on any atom is 0.253 e. The van der Waals surface area contributed by atoms with Gasteiger partial charge in [0.1, 0.15) is 24.7 Å². The highest BCUT2D eigenvalue weighted by atomic mass is 16.5. The van der Waals surface area contributed by atoms with Gasteiger partial charge in [-0.2, -0.15) is 0 Å². The first-order valence-corrected chi connectivity index (χ1v) is 9.42. The second-order valence-electron chi connectivity index (χ2n) is 6.74. The van der Waals surface area contributed by atoms with Crippen LogP contribution in [-0.4, -0.2) is 37.1 Å². The monoisotopic (exact) mass is 353 g/mol. The lowest BCUT2D eigenvalue weighted by Crippen LogP contribution is -2.38. The van der Waals surface area contributed by atoms with Crippen LogP contribution in [0.1, 0.15) is 42.5 Å². The highest BCUT2D eigenvalue weighted by Gasteiger charge is 2.22. The molecule has 0 heterocycles. The Hall–Kier alpha value is -2.49. The molecule has 2 aromatic rings. The van der Waals surface area contributed by atoms with Crippen LogP contribution in [0.25, 0.3) is 0 Å². The summed E-state index contributed by atoms with van der Waals surface area (Å²) in [6.45, 7) is 0.944. The molecule has 0 N–H and O–H groups in total. The maximum atomic E-state index is 12.6. The van der Waals surface area contributed by atoms with Crippen molar-refractivity contribution >= 4 is 5.91 Å². The number of ether oxygens (including phenoxy) is 2. The SMILES string of the molecule is CN(C(=O)c1ccc(OCCOc2ccccc2)cc1)C1CCCCC1. The Morgan fingerprint density at radius 1 is 0.885 bits per heavy atom. The van der Waals surface area contributed by atoms with Crippen molar-refractivity contribution in [2.24, 2.45) is 0 Å². The number of hydrogen-bond acceptors (Lipinski definition) is 3. The lowest BCUT2D eigenvalue weighted by Gasteiger charge is -2.31. The van der Waals surface area contributed by atoms with E-state index in [1.807, 2.05) is 66.5 Å². The maximum absolute atomic E-state index is 12.6. The van der Waals surface area contributed by atoms with Crippen LogP contribution >= 0.6 is 0 Å². The second kappa shape index (κ2) is 9.27. The number of rotatable bonds is 7. The van der Waals surface area contributed by atoms with Crippen LogP contribution in [0, 0.1) is 0 Å². The lowest BCUT2D eigenvalue weighted by molar-refractivity contribution is 0.0696. The number of benzene rings is 2. The van der Waals surface area contributed by atoms with Gasteiger partial charge in [-0.15, -0.1) is 0 Å². The number of nitrogens with zero attached hydrogens (tertiary/aromatic N) is 1. The molecule has 0 saturated heterocycles. The van der Waals surface area contributed by atoms with Gasteiger partial charge in [0.2, 0.25) is 0 Å². The smallest absolute Gasteiger partial charge is 0.253 e. The fourth-order valence-electron chi connectivity index (χ4n) is 3.37. The van der Waals surface area contributed by atoms with E-state index in [-0.39, 0.29) is 5.91 Å². The summed E-state index contributed by atoms with van der Waals surface area (Å²) >= 11 is 0. The van der Waals surface area contributed by atoms with Gasteiger partial charge < -0.3 is 14.4 Å². The van der Waals surface area contributed by atoms with Gasteiger partial charge in [0.15, 0.2) is 0 Å². The molecule has 4 heteroatoms. The first kappa shape index (κ1) is 18.3. The van der Waals surface area contributed by atoms with E-state index in [1.165, 1.54) is 19.3 Å². The average Bonchev–Trinajstić information content (AvgIpc) is 2.72. The van der Waals surface area contributed by atoms with E-state index >= 15 is 0 Å². The summed E-state index contributed by atoms with van der Waals surface area (Å²) in [5.74, 6) is 1.68. The van der Waals surface area contributed by atoms with Crippen molar-refractivity contribution in [3.63, 3.8) is 0 Å². The van der Waals surface area contributed by atoms with E-state index in [2.05, 4.69) is 0 Å². The first-order valence-electron chi connectivity index (χ1n) is 9.42. The molecule has 0 unspecified atom stereocenters. The molecule has 1 aliphatic rings. The van der Waals surface area contributed by atoms with Gasteiger partial charge in [0.05, 0.1) is 0 Å². The Labute approximate surface area is 155 Å². The van der Waals surface area contributed by atoms with Crippen LogP contribution in [-0.2, 0) is 0 Å². The van der Waals surface area contributed by atoms with E-state index < -0.39 is 0 Å². The zero-order valence-electron chi connectivity index (χ0n) is 15.4. The summed E-state index contributed by atoms with van der Waals surface area (Å²) in [6, 6.07) is 17.4. The average molecular weight is 353 g/mol. The van der Waals surface area contributed by atoms with Crippen molar-refractivity contribution < 1.29 is 14.3 Å². The molecule has 0 radical (unpaired) electrons. The molecule has 1 aliphatic carbocycles. The molecule has 26 heavy (non-hydrogen) atoms. The number of carbonyl (C=O) groups excluding carboxylic acids is 1. The van der Waals surface area contributed by atoms with E-state index in [4.69, 9.17) is 9.47 Å². The van der Waals surface area contributed by atoms with Crippen molar-refractivity contribution in [3.05, 3.63) is 60.2 Å². The largest absolute Gasteiger partial charge is 0.490 e. The predicted molar refractivity (Wildman–Crippen MR) is 103 cm³/mol. The Kier molecular flexibility index (Phi) is 6.53. The molecule has 0 bridgehead atoms. The number of para-hydroxylation sites is 1. The third-order valence-corrected chi connectivity index (χ3v) is 4.91. The molecule has 0 aliphatic heterocycles. The Morgan fingerprint density at radius 2 is 1.46 bits per heavy atom. The normalized spacial score (nSPS) is 14.7. The summed E-state index contributed by atoms with van der Waals surface area (Å²) in [5, 5.41) is 0. The molecule has 0 aromatic heterocycles. The van der Waals surface area contributed by atoms with Gasteiger partial charge in [0.25, 0.3) is 5.91 Å². The molecule has 138 valence electrons. The standard InChI is InChI=1S/C22H27NO3/c1-23(19-8-4-2-5-9-19)22(24)18-12-14-21(15-13-18)26-17-16-25-20-10-6-3-7-11-20/h3,6-7,10-15,19H,2,4-5,8-9,16-17H2,1H3. The fraction of sp³-hybridized carbons (Fsp3) is 0.409. The van der Waals surface area contributed by atoms with Crippen LogP contribution in [0.3, 0.4) is 0 Å².